The van der Waals surface area contributed by atoms with Crippen molar-refractivity contribution in [3.05, 3.63) is 95.1 Å². The van der Waals surface area contributed by atoms with Gasteiger partial charge in [0.15, 0.2) is 11.7 Å². The molecule has 0 aromatic heterocycles. The summed E-state index contributed by atoms with van der Waals surface area (Å²) in [5.74, 6) is -0.819. The van der Waals surface area contributed by atoms with Crippen LogP contribution in [0.15, 0.2) is 84.0 Å². The molecule has 0 radical (unpaired) electrons. The topological polar surface area (TPSA) is 52.6 Å². The summed E-state index contributed by atoms with van der Waals surface area (Å²) in [5.41, 5.74) is 0.931. The number of esters is 2. The fourth-order valence-corrected chi connectivity index (χ4v) is 4.32. The summed E-state index contributed by atoms with van der Waals surface area (Å²) in [4.78, 5) is 26.4. The van der Waals surface area contributed by atoms with Gasteiger partial charge in [-0.05, 0) is 48.3 Å². The molecule has 3 rings (SSSR count). The van der Waals surface area contributed by atoms with Gasteiger partial charge >= 0.3 is 11.9 Å². The summed E-state index contributed by atoms with van der Waals surface area (Å²) < 4.78 is 12.5. The summed E-state index contributed by atoms with van der Waals surface area (Å²) in [6, 6.07) is 17.8. The van der Waals surface area contributed by atoms with E-state index < -0.39 is 29.1 Å². The number of carbonyl (C=O) groups is 2. The van der Waals surface area contributed by atoms with Crippen molar-refractivity contribution in [2.24, 2.45) is 11.3 Å². The predicted octanol–water partition coefficient (Wildman–Crippen LogP) is 6.40. The maximum absolute atomic E-state index is 13.3. The zero-order valence-electron chi connectivity index (χ0n) is 19.7. The van der Waals surface area contributed by atoms with Crippen LogP contribution in [0.4, 0.5) is 0 Å². The van der Waals surface area contributed by atoms with Crippen molar-refractivity contribution in [3.8, 4) is 0 Å². The minimum atomic E-state index is -1.17. The number of rotatable bonds is 5. The molecule has 32 heavy (non-hydrogen) atoms. The molecular formula is C28H32O4. The van der Waals surface area contributed by atoms with Gasteiger partial charge in [0.05, 0.1) is 11.1 Å². The van der Waals surface area contributed by atoms with E-state index in [0.717, 1.165) is 11.1 Å². The van der Waals surface area contributed by atoms with E-state index in [1.807, 2.05) is 52.0 Å². The van der Waals surface area contributed by atoms with Gasteiger partial charge in [0.2, 0.25) is 0 Å². The lowest BCUT2D eigenvalue weighted by Gasteiger charge is -2.52. The smallest absolute Gasteiger partial charge is 0.339 e. The summed E-state index contributed by atoms with van der Waals surface area (Å²) in [7, 11) is 0. The van der Waals surface area contributed by atoms with Gasteiger partial charge in [0.1, 0.15) is 0 Å². The molecule has 2 aromatic rings. The molecule has 0 spiro atoms. The van der Waals surface area contributed by atoms with Crippen LogP contribution >= 0.6 is 0 Å². The Labute approximate surface area is 190 Å². The molecule has 0 aliphatic heterocycles. The Morgan fingerprint density at radius 1 is 0.844 bits per heavy atom. The van der Waals surface area contributed by atoms with E-state index in [0.29, 0.717) is 11.1 Å². The second-order valence-corrected chi connectivity index (χ2v) is 9.58. The third-order valence-electron chi connectivity index (χ3n) is 5.97. The van der Waals surface area contributed by atoms with Gasteiger partial charge in [-0.1, -0.05) is 83.2 Å². The van der Waals surface area contributed by atoms with Gasteiger partial charge in [-0.15, -0.1) is 0 Å². The van der Waals surface area contributed by atoms with E-state index in [4.69, 9.17) is 9.47 Å². The van der Waals surface area contributed by atoms with Crippen LogP contribution in [-0.4, -0.2) is 23.6 Å². The van der Waals surface area contributed by atoms with Crippen LogP contribution in [0.2, 0.25) is 0 Å². The minimum Gasteiger partial charge on any atom is -0.450 e. The lowest BCUT2D eigenvalue weighted by atomic mass is 9.62. The van der Waals surface area contributed by atoms with Crippen molar-refractivity contribution in [2.75, 3.05) is 0 Å². The second kappa shape index (κ2) is 9.15. The van der Waals surface area contributed by atoms with E-state index in [2.05, 4.69) is 13.8 Å². The van der Waals surface area contributed by atoms with Crippen LogP contribution in [-0.2, 0) is 9.47 Å². The first-order valence-electron chi connectivity index (χ1n) is 11.0. The number of ether oxygens (including phenoxy) is 2. The molecular weight excluding hydrogens is 400 g/mol. The highest BCUT2D eigenvalue weighted by Gasteiger charge is 2.58. The molecule has 0 saturated carbocycles. The Kier molecular flexibility index (Phi) is 6.73. The summed E-state index contributed by atoms with van der Waals surface area (Å²) in [6.45, 7) is 12.1. The van der Waals surface area contributed by atoms with Crippen LogP contribution in [0.3, 0.4) is 0 Å². The molecule has 0 saturated heterocycles. The molecule has 2 unspecified atom stereocenters. The number of benzene rings is 2. The van der Waals surface area contributed by atoms with Gasteiger partial charge < -0.3 is 9.47 Å². The van der Waals surface area contributed by atoms with E-state index in [1.54, 1.807) is 48.5 Å². The van der Waals surface area contributed by atoms with Gasteiger partial charge in [0.25, 0.3) is 0 Å². The first-order valence-corrected chi connectivity index (χ1v) is 11.0. The summed E-state index contributed by atoms with van der Waals surface area (Å²) in [6.07, 6.45) is 3.21. The van der Waals surface area contributed by atoms with Crippen molar-refractivity contribution >= 4 is 11.9 Å². The molecule has 0 heterocycles. The van der Waals surface area contributed by atoms with Crippen molar-refractivity contribution in [2.45, 2.75) is 53.2 Å². The van der Waals surface area contributed by atoms with Crippen molar-refractivity contribution in [1.82, 2.24) is 0 Å². The third kappa shape index (κ3) is 4.40. The van der Waals surface area contributed by atoms with Gasteiger partial charge in [-0.2, -0.15) is 0 Å². The van der Waals surface area contributed by atoms with Crippen molar-refractivity contribution in [1.29, 1.82) is 0 Å². The Morgan fingerprint density at radius 3 is 1.81 bits per heavy atom. The van der Waals surface area contributed by atoms with Crippen LogP contribution in [0.1, 0.15) is 62.3 Å². The maximum Gasteiger partial charge on any atom is 0.339 e. The van der Waals surface area contributed by atoms with Crippen molar-refractivity contribution < 1.29 is 19.1 Å². The average Bonchev–Trinajstić information content (AvgIpc) is 2.76. The third-order valence-corrected chi connectivity index (χ3v) is 5.97. The van der Waals surface area contributed by atoms with Crippen LogP contribution in [0.5, 0.6) is 0 Å². The fraction of sp³-hybridized carbons (Fsp3) is 0.357. The monoisotopic (exact) mass is 432 g/mol. The van der Waals surface area contributed by atoms with Crippen molar-refractivity contribution in [3.63, 3.8) is 0 Å². The maximum atomic E-state index is 13.3. The van der Waals surface area contributed by atoms with Crippen LogP contribution in [0, 0.1) is 11.3 Å². The fourth-order valence-electron chi connectivity index (χ4n) is 4.32. The first kappa shape index (κ1) is 23.5. The standard InChI is InChI=1S/C28H32O4/c1-19(2)23-18-17-20(3)24(31-25(29)21-13-9-7-10-14-21)28(23,27(4,5)6)32-26(30)22-15-11-8-12-16-22/h7-19,24H,1-6H3. The zero-order valence-corrected chi connectivity index (χ0v) is 19.7. The van der Waals surface area contributed by atoms with E-state index in [1.165, 1.54) is 0 Å². The molecule has 1 aliphatic carbocycles. The van der Waals surface area contributed by atoms with E-state index in [9.17, 15) is 9.59 Å². The van der Waals surface area contributed by atoms with Crippen LogP contribution < -0.4 is 0 Å². The SMILES string of the molecule is CC1=CC=C(C(C)C)C(OC(=O)c2ccccc2)(C(C)(C)C)C1OC(=O)c1ccccc1. The minimum absolute atomic E-state index is 0.0695. The van der Waals surface area contributed by atoms with Gasteiger partial charge in [0, 0.05) is 5.41 Å². The highest BCUT2D eigenvalue weighted by molar-refractivity contribution is 5.91. The van der Waals surface area contributed by atoms with Crippen LogP contribution in [0.25, 0.3) is 0 Å². The molecule has 1 aliphatic rings. The zero-order chi connectivity index (χ0) is 23.5. The Bertz CT molecular complexity index is 1030. The second-order valence-electron chi connectivity index (χ2n) is 9.58. The molecule has 168 valence electrons. The quantitative estimate of drug-likeness (QED) is 0.513. The highest BCUT2D eigenvalue weighted by Crippen LogP contribution is 2.50. The average molecular weight is 433 g/mol. The predicted molar refractivity (Wildman–Crippen MR) is 126 cm³/mol. The number of allylic oxidation sites excluding steroid dienone is 2. The lowest BCUT2D eigenvalue weighted by Crippen LogP contribution is -2.60. The first-order chi connectivity index (χ1) is 15.1. The van der Waals surface area contributed by atoms with Gasteiger partial charge in [-0.25, -0.2) is 9.59 Å². The molecule has 4 nitrogen and oxygen atoms in total. The van der Waals surface area contributed by atoms with E-state index in [-0.39, 0.29) is 5.92 Å². The highest BCUT2D eigenvalue weighted by atomic mass is 16.6. The molecule has 0 N–H and O–H groups in total. The number of hydrogen-bond acceptors (Lipinski definition) is 4. The number of carbonyl (C=O) groups excluding carboxylic acids is 2. The molecule has 2 atom stereocenters. The number of hydrogen-bond donors (Lipinski definition) is 0. The lowest BCUT2D eigenvalue weighted by molar-refractivity contribution is -0.121. The molecule has 0 amide bonds. The molecule has 0 bridgehead atoms. The largest absolute Gasteiger partial charge is 0.450 e. The summed E-state index contributed by atoms with van der Waals surface area (Å²) >= 11 is 0. The Morgan fingerprint density at radius 2 is 1.34 bits per heavy atom. The molecule has 0 fully saturated rings. The summed E-state index contributed by atoms with van der Waals surface area (Å²) in [5, 5.41) is 0. The Balaban J connectivity index is 2.13. The normalized spacial score (nSPS) is 20.9. The molecule has 2 aromatic carbocycles. The Hall–Kier alpha value is -3.14. The molecule has 4 heteroatoms. The van der Waals surface area contributed by atoms with E-state index >= 15 is 0 Å². The van der Waals surface area contributed by atoms with Gasteiger partial charge in [-0.3, -0.25) is 0 Å².